The van der Waals surface area contributed by atoms with Gasteiger partial charge in [-0.05, 0) is 4.92 Å². The zero-order valence-corrected chi connectivity index (χ0v) is 10.6. The van der Waals surface area contributed by atoms with Gasteiger partial charge in [-0.1, -0.05) is 5.10 Å². The van der Waals surface area contributed by atoms with E-state index in [-0.39, 0.29) is 19.0 Å². The summed E-state index contributed by atoms with van der Waals surface area (Å²) in [6.07, 6.45) is 1.46. The maximum absolute atomic E-state index is 10.9. The average molecular weight is 259 g/mol. The Kier molecular flexibility index (Phi) is 4.76. The van der Waals surface area contributed by atoms with Crippen molar-refractivity contribution in [2.24, 2.45) is 7.05 Å². The Labute approximate surface area is 105 Å². The molecule has 0 aliphatic rings. The van der Waals surface area contributed by atoms with Crippen LogP contribution in [0.4, 0.5) is 5.82 Å². The van der Waals surface area contributed by atoms with Crippen LogP contribution < -0.4 is 0 Å². The minimum absolute atomic E-state index is 0.0371. The maximum Gasteiger partial charge on any atom is 0.353 e. The predicted octanol–water partition coefficient (Wildman–Crippen LogP) is -0.740. The molecule has 18 heavy (non-hydrogen) atoms. The summed E-state index contributed by atoms with van der Waals surface area (Å²) in [4.78, 5) is 10.5. The molecule has 1 aromatic heterocycles. The zero-order chi connectivity index (χ0) is 13.8. The van der Waals surface area contributed by atoms with Gasteiger partial charge in [0.05, 0.1) is 26.5 Å². The van der Waals surface area contributed by atoms with Gasteiger partial charge in [0.2, 0.25) is 0 Å². The van der Waals surface area contributed by atoms with Crippen LogP contribution in [0, 0.1) is 10.1 Å². The first kappa shape index (κ1) is 14.6. The van der Waals surface area contributed by atoms with E-state index in [2.05, 4.69) is 5.10 Å². The quantitative estimate of drug-likeness (QED) is 0.381. The molecule has 0 aromatic carbocycles. The highest BCUT2D eigenvalue weighted by molar-refractivity contribution is 5.30. The molecule has 0 spiro atoms. The molecule has 1 heterocycles. The van der Waals surface area contributed by atoms with Crippen molar-refractivity contribution in [3.8, 4) is 0 Å². The van der Waals surface area contributed by atoms with E-state index in [4.69, 9.17) is 10.2 Å². The van der Waals surface area contributed by atoms with E-state index >= 15 is 0 Å². The molecule has 0 atom stereocenters. The fourth-order valence-corrected chi connectivity index (χ4v) is 1.99. The Hall–Kier alpha value is -1.51. The van der Waals surface area contributed by atoms with Crippen LogP contribution in [0.2, 0.25) is 0 Å². The molecule has 0 radical (unpaired) electrons. The zero-order valence-electron chi connectivity index (χ0n) is 10.6. The third kappa shape index (κ3) is 3.25. The molecule has 0 fully saturated rings. The van der Waals surface area contributed by atoms with Gasteiger partial charge >= 0.3 is 5.82 Å². The number of aromatic nitrogens is 2. The number of aryl methyl sites for hydroxylation is 1. The summed E-state index contributed by atoms with van der Waals surface area (Å²) in [5.41, 5.74) is 0.506. The average Bonchev–Trinajstić information content (AvgIpc) is 2.59. The van der Waals surface area contributed by atoms with E-state index in [0.29, 0.717) is 29.7 Å². The summed E-state index contributed by atoms with van der Waals surface area (Å²) in [7, 11) is 3.35. The van der Waals surface area contributed by atoms with Gasteiger partial charge in [0.25, 0.3) is 0 Å². The Morgan fingerprint density at radius 2 is 2.00 bits per heavy atom. The Morgan fingerprint density at radius 3 is 2.44 bits per heavy atom. The number of hydrogen-bond acceptors (Lipinski definition) is 5. The van der Waals surface area contributed by atoms with Gasteiger partial charge in [0, 0.05) is 0 Å². The first-order valence-electron chi connectivity index (χ1n) is 5.64. The van der Waals surface area contributed by atoms with Crippen molar-refractivity contribution < 1.29 is 19.6 Å². The number of aliphatic hydroxyl groups is 2. The number of quaternary nitrogens is 1. The highest BCUT2D eigenvalue weighted by Crippen LogP contribution is 2.21. The minimum atomic E-state index is -0.468. The topological polar surface area (TPSA) is 101 Å². The Morgan fingerprint density at radius 1 is 1.44 bits per heavy atom. The third-order valence-electron chi connectivity index (χ3n) is 2.99. The molecular formula is C10H19N4O4+. The van der Waals surface area contributed by atoms with Gasteiger partial charge in [-0.3, -0.25) is 0 Å². The molecule has 0 amide bonds. The lowest BCUT2D eigenvalue weighted by atomic mass is 10.2. The van der Waals surface area contributed by atoms with E-state index in [1.54, 1.807) is 0 Å². The van der Waals surface area contributed by atoms with Crippen molar-refractivity contribution in [1.29, 1.82) is 0 Å². The van der Waals surface area contributed by atoms with Gasteiger partial charge in [0.1, 0.15) is 32.2 Å². The van der Waals surface area contributed by atoms with Gasteiger partial charge in [0.15, 0.2) is 0 Å². The molecule has 8 nitrogen and oxygen atoms in total. The fourth-order valence-electron chi connectivity index (χ4n) is 1.99. The predicted molar refractivity (Wildman–Crippen MR) is 63.7 cm³/mol. The molecule has 2 N–H and O–H groups in total. The van der Waals surface area contributed by atoms with Gasteiger partial charge in [-0.25, -0.2) is 0 Å². The number of hydrogen-bond donors (Lipinski definition) is 2. The van der Waals surface area contributed by atoms with E-state index < -0.39 is 4.92 Å². The normalized spacial score (nSPS) is 11.8. The van der Waals surface area contributed by atoms with Crippen LogP contribution >= 0.6 is 0 Å². The smallest absolute Gasteiger partial charge is 0.353 e. The first-order valence-corrected chi connectivity index (χ1v) is 5.64. The molecule has 0 aliphatic heterocycles. The van der Waals surface area contributed by atoms with Gasteiger partial charge < -0.3 is 24.8 Å². The summed E-state index contributed by atoms with van der Waals surface area (Å²) in [6.45, 7) is 1.12. The molecule has 1 rings (SSSR count). The molecule has 0 aliphatic carbocycles. The molecule has 0 saturated heterocycles. The second kappa shape index (κ2) is 5.89. The molecule has 0 saturated carbocycles. The second-order valence-corrected chi connectivity index (χ2v) is 4.55. The lowest BCUT2D eigenvalue weighted by Crippen LogP contribution is -2.47. The molecular weight excluding hydrogens is 240 g/mol. The summed E-state index contributed by atoms with van der Waals surface area (Å²) >= 11 is 0. The number of nitro groups is 1. The van der Waals surface area contributed by atoms with Crippen LogP contribution in [-0.2, 0) is 13.6 Å². The van der Waals surface area contributed by atoms with Crippen LogP contribution in [0.25, 0.3) is 0 Å². The lowest BCUT2D eigenvalue weighted by Gasteiger charge is -2.32. The summed E-state index contributed by atoms with van der Waals surface area (Å²) in [6, 6.07) is 0. The molecule has 1 aromatic rings. The van der Waals surface area contributed by atoms with Crippen LogP contribution in [0.15, 0.2) is 6.20 Å². The summed E-state index contributed by atoms with van der Waals surface area (Å²) in [5.74, 6) is -0.0461. The number of likely N-dealkylation sites (N-methyl/N-ethyl adjacent to an activating group) is 1. The highest BCUT2D eigenvalue weighted by Gasteiger charge is 2.28. The van der Waals surface area contributed by atoms with Crippen molar-refractivity contribution in [2.75, 3.05) is 33.4 Å². The number of nitrogens with zero attached hydrogens (tertiary/aromatic N) is 4. The summed E-state index contributed by atoms with van der Waals surface area (Å²) in [5, 5.41) is 32.9. The first-order chi connectivity index (χ1) is 8.43. The lowest BCUT2D eigenvalue weighted by molar-refractivity contribution is -0.923. The number of rotatable bonds is 7. The molecule has 8 heteroatoms. The van der Waals surface area contributed by atoms with E-state index in [1.807, 2.05) is 7.05 Å². The third-order valence-corrected chi connectivity index (χ3v) is 2.99. The van der Waals surface area contributed by atoms with Crippen molar-refractivity contribution in [2.45, 2.75) is 6.54 Å². The highest BCUT2D eigenvalue weighted by atomic mass is 16.6. The monoisotopic (exact) mass is 259 g/mol. The molecule has 0 bridgehead atoms. The number of aliphatic hydroxyl groups excluding tert-OH is 2. The maximum atomic E-state index is 10.9. The van der Waals surface area contributed by atoms with Gasteiger partial charge in [-0.2, -0.15) is 0 Å². The second-order valence-electron chi connectivity index (χ2n) is 4.55. The van der Waals surface area contributed by atoms with E-state index in [9.17, 15) is 10.1 Å². The van der Waals surface area contributed by atoms with Crippen molar-refractivity contribution in [3.63, 3.8) is 0 Å². The Balaban J connectivity index is 2.97. The van der Waals surface area contributed by atoms with Crippen LogP contribution in [0.5, 0.6) is 0 Å². The summed E-state index contributed by atoms with van der Waals surface area (Å²) < 4.78 is 1.55. The SMILES string of the molecule is Cn1ncc(C[N+](C)(CCO)CCO)c1[N+](=O)[O-]. The van der Waals surface area contributed by atoms with E-state index in [1.165, 1.54) is 17.9 Å². The minimum Gasteiger partial charge on any atom is -0.391 e. The van der Waals surface area contributed by atoms with Crippen molar-refractivity contribution in [3.05, 3.63) is 21.9 Å². The van der Waals surface area contributed by atoms with Crippen molar-refractivity contribution in [1.82, 2.24) is 9.78 Å². The van der Waals surface area contributed by atoms with Crippen LogP contribution in [-0.4, -0.2) is 62.8 Å². The standard InChI is InChI=1S/C10H19N4O4/c1-12-10(13(17)18)9(7-11-12)8-14(2,3-5-15)4-6-16/h7,15-16H,3-6,8H2,1-2H3/q+1. The van der Waals surface area contributed by atoms with Gasteiger partial charge in [-0.15, -0.1) is 4.68 Å². The molecule has 0 unspecified atom stereocenters. The molecule has 102 valence electrons. The van der Waals surface area contributed by atoms with Crippen molar-refractivity contribution >= 4 is 5.82 Å². The Bertz CT molecular complexity index is 412. The fraction of sp³-hybridized carbons (Fsp3) is 0.700. The van der Waals surface area contributed by atoms with Crippen LogP contribution in [0.3, 0.4) is 0 Å². The largest absolute Gasteiger partial charge is 0.391 e. The van der Waals surface area contributed by atoms with Crippen LogP contribution in [0.1, 0.15) is 5.56 Å². The van der Waals surface area contributed by atoms with E-state index in [0.717, 1.165) is 0 Å².